The third-order valence-electron chi connectivity index (χ3n) is 2.20. The van der Waals surface area contributed by atoms with Gasteiger partial charge in [0.15, 0.2) is 0 Å². The molecule has 0 unspecified atom stereocenters. The number of carbonyl (C=O) groups is 1. The monoisotopic (exact) mass is 232 g/mol. The van der Waals surface area contributed by atoms with Crippen molar-refractivity contribution in [3.63, 3.8) is 0 Å². The van der Waals surface area contributed by atoms with E-state index >= 15 is 0 Å². The van der Waals surface area contributed by atoms with Crippen LogP contribution in [0.15, 0.2) is 18.2 Å². The van der Waals surface area contributed by atoms with Crippen molar-refractivity contribution in [3.05, 3.63) is 45.0 Å². The molecule has 6 heteroatoms. The highest BCUT2D eigenvalue weighted by Crippen LogP contribution is 2.26. The summed E-state index contributed by atoms with van der Waals surface area (Å²) < 4.78 is 0. The third kappa shape index (κ3) is 2.66. The molecule has 0 radical (unpaired) electrons. The normalized spacial score (nSPS) is 10.1. The molecule has 1 aromatic rings. The topological polar surface area (TPSA) is 104 Å². The molecular formula is C11H8N2O4. The molecule has 0 bridgehead atoms. The zero-order chi connectivity index (χ0) is 13.0. The SMILES string of the molecule is Cc1c(C#N)ccc([N+](=O)[O-])c1/C=C/C(=O)O. The van der Waals surface area contributed by atoms with Crippen LogP contribution in [0.3, 0.4) is 0 Å². The number of nitriles is 1. The summed E-state index contributed by atoms with van der Waals surface area (Å²) in [4.78, 5) is 20.5. The quantitative estimate of drug-likeness (QED) is 0.486. The van der Waals surface area contributed by atoms with Crippen LogP contribution in [0.25, 0.3) is 6.08 Å². The number of nitro benzene ring substituents is 1. The predicted molar refractivity (Wildman–Crippen MR) is 59.2 cm³/mol. The van der Waals surface area contributed by atoms with E-state index in [4.69, 9.17) is 10.4 Å². The summed E-state index contributed by atoms with van der Waals surface area (Å²) in [5, 5.41) is 28.0. The number of aliphatic carboxylic acids is 1. The van der Waals surface area contributed by atoms with E-state index in [0.29, 0.717) is 5.56 Å². The lowest BCUT2D eigenvalue weighted by molar-refractivity contribution is -0.385. The van der Waals surface area contributed by atoms with Crippen molar-refractivity contribution in [3.8, 4) is 6.07 Å². The first kappa shape index (κ1) is 12.4. The van der Waals surface area contributed by atoms with Crippen LogP contribution in [0.4, 0.5) is 5.69 Å². The maximum Gasteiger partial charge on any atom is 0.328 e. The lowest BCUT2D eigenvalue weighted by Gasteiger charge is -2.03. The van der Waals surface area contributed by atoms with E-state index in [1.54, 1.807) is 0 Å². The Hall–Kier alpha value is -2.68. The number of rotatable bonds is 3. The van der Waals surface area contributed by atoms with Gasteiger partial charge in [-0.05, 0) is 24.6 Å². The van der Waals surface area contributed by atoms with Gasteiger partial charge in [0, 0.05) is 12.1 Å². The van der Waals surface area contributed by atoms with Crippen LogP contribution in [-0.2, 0) is 4.79 Å². The molecule has 6 nitrogen and oxygen atoms in total. The van der Waals surface area contributed by atoms with Gasteiger partial charge in [-0.1, -0.05) is 0 Å². The zero-order valence-electron chi connectivity index (χ0n) is 8.88. The van der Waals surface area contributed by atoms with Crippen molar-refractivity contribution in [2.45, 2.75) is 6.92 Å². The van der Waals surface area contributed by atoms with E-state index in [0.717, 1.165) is 12.2 Å². The predicted octanol–water partition coefficient (Wildman–Crippen LogP) is 1.87. The summed E-state index contributed by atoms with van der Waals surface area (Å²) in [7, 11) is 0. The van der Waals surface area contributed by atoms with Gasteiger partial charge in [-0.25, -0.2) is 4.79 Å². The second-order valence-corrected chi connectivity index (χ2v) is 3.21. The minimum atomic E-state index is -1.21. The summed E-state index contributed by atoms with van der Waals surface area (Å²) in [6.07, 6.45) is 1.92. The van der Waals surface area contributed by atoms with Crippen molar-refractivity contribution in [2.24, 2.45) is 0 Å². The fourth-order valence-electron chi connectivity index (χ4n) is 1.36. The summed E-state index contributed by atoms with van der Waals surface area (Å²) in [6.45, 7) is 1.53. The van der Waals surface area contributed by atoms with E-state index in [1.165, 1.54) is 19.1 Å². The Labute approximate surface area is 96.6 Å². The summed E-state index contributed by atoms with van der Waals surface area (Å²) in [5.41, 5.74) is 0.579. The van der Waals surface area contributed by atoms with Crippen LogP contribution < -0.4 is 0 Å². The Morgan fingerprint density at radius 2 is 2.24 bits per heavy atom. The number of nitro groups is 1. The molecule has 0 saturated carbocycles. The number of hydrogen-bond acceptors (Lipinski definition) is 4. The third-order valence-corrected chi connectivity index (χ3v) is 2.20. The molecule has 0 amide bonds. The molecule has 0 aromatic heterocycles. The lowest BCUT2D eigenvalue weighted by atomic mass is 10.0. The molecule has 0 heterocycles. The van der Waals surface area contributed by atoms with E-state index in [1.807, 2.05) is 6.07 Å². The Balaban J connectivity index is 3.46. The Morgan fingerprint density at radius 3 is 2.71 bits per heavy atom. The fraction of sp³-hybridized carbons (Fsp3) is 0.0909. The molecule has 0 atom stereocenters. The Bertz CT molecular complexity index is 555. The molecule has 0 fully saturated rings. The molecule has 86 valence electrons. The van der Waals surface area contributed by atoms with Gasteiger partial charge in [0.1, 0.15) is 0 Å². The van der Waals surface area contributed by atoms with Gasteiger partial charge >= 0.3 is 5.97 Å². The van der Waals surface area contributed by atoms with Crippen molar-refractivity contribution >= 4 is 17.7 Å². The molecule has 1 rings (SSSR count). The van der Waals surface area contributed by atoms with Crippen LogP contribution in [0.1, 0.15) is 16.7 Å². The highest BCUT2D eigenvalue weighted by atomic mass is 16.6. The van der Waals surface area contributed by atoms with Crippen molar-refractivity contribution in [1.29, 1.82) is 5.26 Å². The zero-order valence-corrected chi connectivity index (χ0v) is 8.88. The maximum absolute atomic E-state index is 10.8. The number of benzene rings is 1. The number of carboxylic acids is 1. The summed E-state index contributed by atoms with van der Waals surface area (Å²) >= 11 is 0. The van der Waals surface area contributed by atoms with Crippen LogP contribution in [0.5, 0.6) is 0 Å². The summed E-state index contributed by atoms with van der Waals surface area (Å²) in [6, 6.07) is 4.41. The van der Waals surface area contributed by atoms with Gasteiger partial charge in [0.05, 0.1) is 22.1 Å². The first-order valence-electron chi connectivity index (χ1n) is 4.56. The van der Waals surface area contributed by atoms with Gasteiger partial charge in [0.25, 0.3) is 5.69 Å². The van der Waals surface area contributed by atoms with Crippen molar-refractivity contribution in [1.82, 2.24) is 0 Å². The minimum Gasteiger partial charge on any atom is -0.478 e. The first-order chi connectivity index (χ1) is 7.97. The van der Waals surface area contributed by atoms with Crippen molar-refractivity contribution in [2.75, 3.05) is 0 Å². The van der Waals surface area contributed by atoms with Crippen LogP contribution in [0.2, 0.25) is 0 Å². The number of carboxylic acid groups (broad SMARTS) is 1. The standard InChI is InChI=1S/C11H8N2O4/c1-7-8(6-12)2-4-10(13(16)17)9(7)3-5-11(14)15/h2-5H,1H3,(H,14,15)/b5-3+. The van der Waals surface area contributed by atoms with Crippen molar-refractivity contribution < 1.29 is 14.8 Å². The molecule has 0 aliphatic carbocycles. The largest absolute Gasteiger partial charge is 0.478 e. The molecule has 1 aromatic carbocycles. The minimum absolute atomic E-state index is 0.136. The molecule has 0 saturated heterocycles. The molecule has 17 heavy (non-hydrogen) atoms. The maximum atomic E-state index is 10.8. The van der Waals surface area contributed by atoms with Crippen LogP contribution >= 0.6 is 0 Å². The molecule has 0 aliphatic heterocycles. The van der Waals surface area contributed by atoms with E-state index in [2.05, 4.69) is 0 Å². The molecule has 0 aliphatic rings. The number of nitrogens with zero attached hydrogens (tertiary/aromatic N) is 2. The second kappa shape index (κ2) is 4.90. The lowest BCUT2D eigenvalue weighted by Crippen LogP contribution is -1.97. The number of hydrogen-bond donors (Lipinski definition) is 1. The van der Waals surface area contributed by atoms with Gasteiger partial charge in [-0.2, -0.15) is 5.26 Å². The molecule has 0 spiro atoms. The van der Waals surface area contributed by atoms with Gasteiger partial charge in [-0.15, -0.1) is 0 Å². The van der Waals surface area contributed by atoms with E-state index in [-0.39, 0.29) is 16.8 Å². The Kier molecular flexibility index (Phi) is 3.57. The second-order valence-electron chi connectivity index (χ2n) is 3.21. The summed E-state index contributed by atoms with van der Waals surface area (Å²) in [5.74, 6) is -1.21. The highest BCUT2D eigenvalue weighted by molar-refractivity contribution is 5.87. The van der Waals surface area contributed by atoms with Gasteiger partial charge < -0.3 is 5.11 Å². The first-order valence-corrected chi connectivity index (χ1v) is 4.56. The van der Waals surface area contributed by atoms with Crippen LogP contribution in [0, 0.1) is 28.4 Å². The van der Waals surface area contributed by atoms with E-state index < -0.39 is 10.9 Å². The Morgan fingerprint density at radius 1 is 1.59 bits per heavy atom. The van der Waals surface area contributed by atoms with Crippen LogP contribution in [-0.4, -0.2) is 16.0 Å². The van der Waals surface area contributed by atoms with Gasteiger partial charge in [-0.3, -0.25) is 10.1 Å². The van der Waals surface area contributed by atoms with Gasteiger partial charge in [0.2, 0.25) is 0 Å². The molecule has 1 N–H and O–H groups in total. The molecular weight excluding hydrogens is 224 g/mol. The average molecular weight is 232 g/mol. The smallest absolute Gasteiger partial charge is 0.328 e. The highest BCUT2D eigenvalue weighted by Gasteiger charge is 2.16. The fourth-order valence-corrected chi connectivity index (χ4v) is 1.36. The average Bonchev–Trinajstić information content (AvgIpc) is 2.26. The van der Waals surface area contributed by atoms with E-state index in [9.17, 15) is 14.9 Å².